The highest BCUT2D eigenvalue weighted by Crippen LogP contribution is 2.22. The molecule has 5 heteroatoms. The van der Waals surface area contributed by atoms with Crippen LogP contribution in [0.15, 0.2) is 0 Å². The van der Waals surface area contributed by atoms with Crippen molar-refractivity contribution in [3.8, 4) is 0 Å². The number of anilines is 2. The third-order valence-electron chi connectivity index (χ3n) is 3.18. The summed E-state index contributed by atoms with van der Waals surface area (Å²) in [5.41, 5.74) is 0.998. The molecule has 0 saturated carbocycles. The van der Waals surface area contributed by atoms with Crippen LogP contribution in [0.2, 0.25) is 0 Å². The minimum Gasteiger partial charge on any atom is -0.394 e. The quantitative estimate of drug-likeness (QED) is 0.706. The van der Waals surface area contributed by atoms with Crippen molar-refractivity contribution in [2.45, 2.75) is 47.1 Å². The molecular formula is C14H26N4O. The number of nitrogens with zero attached hydrogens (tertiary/aromatic N) is 2. The summed E-state index contributed by atoms with van der Waals surface area (Å²) in [6, 6.07) is 0.00721. The van der Waals surface area contributed by atoms with Gasteiger partial charge in [-0.2, -0.15) is 0 Å². The first kappa shape index (κ1) is 15.7. The molecule has 108 valence electrons. The Labute approximate surface area is 115 Å². The fourth-order valence-corrected chi connectivity index (χ4v) is 1.80. The van der Waals surface area contributed by atoms with Gasteiger partial charge in [0.2, 0.25) is 0 Å². The van der Waals surface area contributed by atoms with Crippen LogP contribution in [-0.2, 0) is 6.42 Å². The summed E-state index contributed by atoms with van der Waals surface area (Å²) in [5, 5.41) is 16.0. The molecule has 0 fully saturated rings. The fourth-order valence-electron chi connectivity index (χ4n) is 1.80. The molecule has 0 saturated heterocycles. The first-order valence-corrected chi connectivity index (χ1v) is 7.02. The average Bonchev–Trinajstić information content (AvgIpc) is 2.39. The highest BCUT2D eigenvalue weighted by molar-refractivity contribution is 5.57. The second-order valence-electron chi connectivity index (χ2n) is 5.02. The van der Waals surface area contributed by atoms with Gasteiger partial charge in [-0.3, -0.25) is 0 Å². The molecule has 0 bridgehead atoms. The molecule has 1 aromatic rings. The maximum absolute atomic E-state index is 9.43. The Morgan fingerprint density at radius 3 is 2.26 bits per heavy atom. The van der Waals surface area contributed by atoms with Crippen molar-refractivity contribution in [3.05, 3.63) is 11.4 Å². The first-order chi connectivity index (χ1) is 9.03. The Morgan fingerprint density at radius 1 is 1.16 bits per heavy atom. The lowest BCUT2D eigenvalue weighted by Crippen LogP contribution is -2.30. The van der Waals surface area contributed by atoms with Crippen molar-refractivity contribution in [3.63, 3.8) is 0 Å². The van der Waals surface area contributed by atoms with E-state index in [1.165, 1.54) is 0 Å². The van der Waals surface area contributed by atoms with E-state index in [0.29, 0.717) is 5.92 Å². The fraction of sp³-hybridized carbons (Fsp3) is 0.714. The largest absolute Gasteiger partial charge is 0.394 e. The van der Waals surface area contributed by atoms with Gasteiger partial charge < -0.3 is 15.7 Å². The zero-order valence-corrected chi connectivity index (χ0v) is 12.6. The van der Waals surface area contributed by atoms with Gasteiger partial charge in [0.1, 0.15) is 17.5 Å². The molecule has 0 amide bonds. The van der Waals surface area contributed by atoms with Crippen molar-refractivity contribution in [1.29, 1.82) is 0 Å². The van der Waals surface area contributed by atoms with Crippen LogP contribution in [0.4, 0.5) is 11.6 Å². The molecule has 1 unspecified atom stereocenters. The summed E-state index contributed by atoms with van der Waals surface area (Å²) in [6.07, 6.45) is 0.791. The summed E-state index contributed by atoms with van der Waals surface area (Å²) < 4.78 is 0. The summed E-state index contributed by atoms with van der Waals surface area (Å²) in [5.74, 6) is 2.84. The van der Waals surface area contributed by atoms with Crippen LogP contribution >= 0.6 is 0 Å². The number of hydrogen-bond donors (Lipinski definition) is 3. The Hall–Kier alpha value is -1.36. The molecular weight excluding hydrogens is 240 g/mol. The molecule has 5 nitrogen and oxygen atoms in total. The van der Waals surface area contributed by atoms with Crippen molar-refractivity contribution in [2.24, 2.45) is 5.92 Å². The van der Waals surface area contributed by atoms with Crippen LogP contribution in [0, 0.1) is 12.8 Å². The highest BCUT2D eigenvalue weighted by atomic mass is 16.3. The Balaban J connectivity index is 3.07. The first-order valence-electron chi connectivity index (χ1n) is 7.02. The number of aromatic nitrogens is 2. The molecule has 1 heterocycles. The third kappa shape index (κ3) is 4.06. The van der Waals surface area contributed by atoms with E-state index in [4.69, 9.17) is 0 Å². The lowest BCUT2D eigenvalue weighted by molar-refractivity contribution is 0.249. The van der Waals surface area contributed by atoms with Gasteiger partial charge in [0.15, 0.2) is 0 Å². The van der Waals surface area contributed by atoms with Crippen LogP contribution in [0.1, 0.15) is 39.1 Å². The van der Waals surface area contributed by atoms with E-state index in [-0.39, 0.29) is 12.6 Å². The molecule has 1 atom stereocenters. The van der Waals surface area contributed by atoms with Crippen LogP contribution in [-0.4, -0.2) is 34.3 Å². The SMILES string of the molecule is CCNc1nc(CC)nc(NC(CO)C(C)C)c1C. The van der Waals surface area contributed by atoms with E-state index in [2.05, 4.69) is 34.4 Å². The molecule has 1 aromatic heterocycles. The zero-order valence-electron chi connectivity index (χ0n) is 12.6. The lowest BCUT2D eigenvalue weighted by Gasteiger charge is -2.22. The number of aliphatic hydroxyl groups is 1. The summed E-state index contributed by atoms with van der Waals surface area (Å²) in [4.78, 5) is 9.02. The molecule has 3 N–H and O–H groups in total. The smallest absolute Gasteiger partial charge is 0.135 e. The summed E-state index contributed by atoms with van der Waals surface area (Å²) in [7, 11) is 0. The van der Waals surface area contributed by atoms with Gasteiger partial charge >= 0.3 is 0 Å². The van der Waals surface area contributed by atoms with Crippen molar-refractivity contribution >= 4 is 11.6 Å². The van der Waals surface area contributed by atoms with Gasteiger partial charge in [-0.1, -0.05) is 20.8 Å². The molecule has 1 rings (SSSR count). The Bertz CT molecular complexity index is 407. The minimum atomic E-state index is 0.00721. The van der Waals surface area contributed by atoms with Crippen molar-refractivity contribution < 1.29 is 5.11 Å². The lowest BCUT2D eigenvalue weighted by atomic mass is 10.1. The number of hydrogen-bond acceptors (Lipinski definition) is 5. The van der Waals surface area contributed by atoms with Crippen LogP contribution in [0.25, 0.3) is 0 Å². The molecule has 0 aliphatic rings. The van der Waals surface area contributed by atoms with Crippen LogP contribution < -0.4 is 10.6 Å². The van der Waals surface area contributed by atoms with Crippen LogP contribution in [0.3, 0.4) is 0 Å². The monoisotopic (exact) mass is 266 g/mol. The maximum atomic E-state index is 9.43. The summed E-state index contributed by atoms with van der Waals surface area (Å²) in [6.45, 7) is 11.2. The maximum Gasteiger partial charge on any atom is 0.135 e. The zero-order chi connectivity index (χ0) is 14.4. The highest BCUT2D eigenvalue weighted by Gasteiger charge is 2.16. The minimum absolute atomic E-state index is 0.00721. The molecule has 0 spiro atoms. The Morgan fingerprint density at radius 2 is 1.79 bits per heavy atom. The molecule has 0 aliphatic heterocycles. The van der Waals surface area contributed by atoms with Crippen LogP contribution in [0.5, 0.6) is 0 Å². The molecule has 0 aliphatic carbocycles. The Kier molecular flexibility index (Phi) is 6.02. The van der Waals surface area contributed by atoms with Gasteiger partial charge in [-0.25, -0.2) is 9.97 Å². The van der Waals surface area contributed by atoms with Crippen molar-refractivity contribution in [1.82, 2.24) is 9.97 Å². The van der Waals surface area contributed by atoms with Gasteiger partial charge in [0.05, 0.1) is 12.6 Å². The number of aliphatic hydroxyl groups excluding tert-OH is 1. The number of aryl methyl sites for hydroxylation is 1. The van der Waals surface area contributed by atoms with Gasteiger partial charge in [-0.15, -0.1) is 0 Å². The number of nitrogens with one attached hydrogen (secondary N) is 2. The predicted octanol–water partition coefficient (Wildman–Crippen LogP) is 2.21. The standard InChI is InChI=1S/C14H26N4O/c1-6-12-17-13(15-7-2)10(5)14(18-12)16-11(8-19)9(3)4/h9,11,19H,6-8H2,1-5H3,(H2,15,16,17,18). The molecule has 0 aromatic carbocycles. The average molecular weight is 266 g/mol. The van der Waals surface area contributed by atoms with Gasteiger partial charge in [0.25, 0.3) is 0 Å². The predicted molar refractivity (Wildman–Crippen MR) is 79.6 cm³/mol. The molecule has 0 radical (unpaired) electrons. The third-order valence-corrected chi connectivity index (χ3v) is 3.18. The summed E-state index contributed by atoms with van der Waals surface area (Å²) >= 11 is 0. The van der Waals surface area contributed by atoms with E-state index >= 15 is 0 Å². The normalized spacial score (nSPS) is 12.6. The van der Waals surface area contributed by atoms with E-state index in [9.17, 15) is 5.11 Å². The number of rotatable bonds is 7. The van der Waals surface area contributed by atoms with E-state index in [0.717, 1.165) is 36.0 Å². The van der Waals surface area contributed by atoms with E-state index in [1.54, 1.807) is 0 Å². The van der Waals surface area contributed by atoms with Gasteiger partial charge in [-0.05, 0) is 19.8 Å². The van der Waals surface area contributed by atoms with Gasteiger partial charge in [0, 0.05) is 18.5 Å². The second-order valence-corrected chi connectivity index (χ2v) is 5.02. The van der Waals surface area contributed by atoms with Crippen molar-refractivity contribution in [2.75, 3.05) is 23.8 Å². The topological polar surface area (TPSA) is 70.1 Å². The van der Waals surface area contributed by atoms with E-state index in [1.807, 2.05) is 20.8 Å². The second kappa shape index (κ2) is 7.28. The van der Waals surface area contributed by atoms with E-state index < -0.39 is 0 Å². The molecule has 19 heavy (non-hydrogen) atoms.